The number of halogens is 3. The van der Waals surface area contributed by atoms with Gasteiger partial charge in [-0.2, -0.15) is 13.2 Å². The van der Waals surface area contributed by atoms with Gasteiger partial charge in [0.15, 0.2) is 11.5 Å². The van der Waals surface area contributed by atoms with Crippen molar-refractivity contribution in [3.63, 3.8) is 0 Å². The third-order valence-electron chi connectivity index (χ3n) is 7.03. The fraction of sp³-hybridized carbons (Fsp3) is 0.414. The first-order chi connectivity index (χ1) is 18.7. The van der Waals surface area contributed by atoms with Crippen molar-refractivity contribution in [2.75, 3.05) is 6.61 Å². The van der Waals surface area contributed by atoms with E-state index in [1.807, 2.05) is 13.8 Å². The van der Waals surface area contributed by atoms with Crippen LogP contribution in [0.3, 0.4) is 0 Å². The Balaban J connectivity index is 1.74. The molecule has 0 radical (unpaired) electrons. The second kappa shape index (κ2) is 10.9. The smallest absolute Gasteiger partial charge is 0.416 e. The number of aliphatic imine (C=N–C) groups is 1. The minimum Gasteiger partial charge on any atom is -0.482 e. The summed E-state index contributed by atoms with van der Waals surface area (Å²) < 4.78 is 50.1. The predicted molar refractivity (Wildman–Crippen MR) is 140 cm³/mol. The summed E-state index contributed by atoms with van der Waals surface area (Å²) in [7, 11) is 0. The summed E-state index contributed by atoms with van der Waals surface area (Å²) >= 11 is 0. The van der Waals surface area contributed by atoms with Crippen LogP contribution in [0.4, 0.5) is 18.9 Å². The minimum atomic E-state index is -4.54. The van der Waals surface area contributed by atoms with Crippen molar-refractivity contribution < 1.29 is 37.2 Å². The molecule has 40 heavy (non-hydrogen) atoms. The summed E-state index contributed by atoms with van der Waals surface area (Å²) in [6, 6.07) is 8.60. The second-order valence-corrected chi connectivity index (χ2v) is 10.7. The Kier molecular flexibility index (Phi) is 7.87. The number of nitro groups is 1. The number of alkyl halides is 3. The number of allylic oxidation sites excluding steroid dienone is 2. The first-order valence-electron chi connectivity index (χ1n) is 12.8. The summed E-state index contributed by atoms with van der Waals surface area (Å²) in [5.41, 5.74) is 0.215. The largest absolute Gasteiger partial charge is 0.482 e. The molecule has 2 aliphatic rings. The van der Waals surface area contributed by atoms with Crippen LogP contribution in [-0.4, -0.2) is 29.0 Å². The summed E-state index contributed by atoms with van der Waals surface area (Å²) in [5.74, 6) is -2.75. The van der Waals surface area contributed by atoms with Crippen molar-refractivity contribution in [1.82, 2.24) is 0 Å². The molecule has 0 fully saturated rings. The Morgan fingerprint density at radius 1 is 1.18 bits per heavy atom. The third kappa shape index (κ3) is 5.93. The number of ether oxygens (including phenoxy) is 2. The van der Waals surface area contributed by atoms with E-state index in [2.05, 4.69) is 4.99 Å². The van der Waals surface area contributed by atoms with E-state index in [-0.39, 0.29) is 42.1 Å². The van der Waals surface area contributed by atoms with Crippen molar-refractivity contribution in [1.29, 1.82) is 0 Å². The molecule has 0 bridgehead atoms. The summed E-state index contributed by atoms with van der Waals surface area (Å²) in [5, 5.41) is 12.1. The number of esters is 1. The number of benzene rings is 2. The van der Waals surface area contributed by atoms with Crippen molar-refractivity contribution in [3.8, 4) is 5.75 Å². The van der Waals surface area contributed by atoms with Gasteiger partial charge in [0.1, 0.15) is 12.5 Å². The highest BCUT2D eigenvalue weighted by Crippen LogP contribution is 2.49. The second-order valence-electron chi connectivity index (χ2n) is 10.7. The Labute approximate surface area is 229 Å². The van der Waals surface area contributed by atoms with Gasteiger partial charge < -0.3 is 9.47 Å². The molecule has 0 N–H and O–H groups in total. The van der Waals surface area contributed by atoms with Gasteiger partial charge in [-0.3, -0.25) is 24.7 Å². The number of carbonyl (C=O) groups excluding carboxylic acids is 2. The SMILES string of the molecule is CCOC(=O)C1C(C)=NC2=C(C(=O)CC(C)(C)C2)[C@H]1c1ccc(OCc2cccc(C(F)(F)F)c2)c([N+](=O)[O-])c1. The van der Waals surface area contributed by atoms with Crippen LogP contribution in [0, 0.1) is 21.4 Å². The molecule has 2 aromatic carbocycles. The van der Waals surface area contributed by atoms with Crippen molar-refractivity contribution in [3.05, 3.63) is 80.5 Å². The van der Waals surface area contributed by atoms with Crippen molar-refractivity contribution in [2.45, 2.75) is 59.2 Å². The molecule has 4 rings (SSSR count). The van der Waals surface area contributed by atoms with Crippen LogP contribution >= 0.6 is 0 Å². The van der Waals surface area contributed by atoms with Crippen LogP contribution < -0.4 is 4.74 Å². The van der Waals surface area contributed by atoms with Gasteiger partial charge in [0.25, 0.3) is 0 Å². The fourth-order valence-corrected chi connectivity index (χ4v) is 5.33. The molecule has 0 amide bonds. The normalized spacial score (nSPS) is 20.5. The van der Waals surface area contributed by atoms with Gasteiger partial charge in [0.2, 0.25) is 0 Å². The van der Waals surface area contributed by atoms with Gasteiger partial charge in [0, 0.05) is 35.4 Å². The predicted octanol–water partition coefficient (Wildman–Crippen LogP) is 6.57. The van der Waals surface area contributed by atoms with Crippen LogP contribution in [0.1, 0.15) is 63.1 Å². The van der Waals surface area contributed by atoms with Gasteiger partial charge in [-0.1, -0.05) is 32.0 Å². The van der Waals surface area contributed by atoms with Gasteiger partial charge >= 0.3 is 17.8 Å². The van der Waals surface area contributed by atoms with Crippen LogP contribution in [0.5, 0.6) is 5.75 Å². The van der Waals surface area contributed by atoms with E-state index in [4.69, 9.17) is 9.47 Å². The van der Waals surface area contributed by atoms with E-state index in [0.29, 0.717) is 29.0 Å². The van der Waals surface area contributed by atoms with Gasteiger partial charge in [-0.05, 0) is 55.0 Å². The molecule has 2 atom stereocenters. The lowest BCUT2D eigenvalue weighted by molar-refractivity contribution is -0.386. The summed E-state index contributed by atoms with van der Waals surface area (Å²) in [6.45, 7) is 6.99. The molecule has 0 aromatic heterocycles. The zero-order chi connectivity index (χ0) is 29.4. The Hall–Kier alpha value is -4.02. The van der Waals surface area contributed by atoms with Crippen LogP contribution in [0.25, 0.3) is 0 Å². The molecule has 8 nitrogen and oxygen atoms in total. The molecule has 212 valence electrons. The molecule has 1 aliphatic carbocycles. The maximum atomic E-state index is 13.4. The molecular weight excluding hydrogens is 529 g/mol. The van der Waals surface area contributed by atoms with Crippen LogP contribution in [-0.2, 0) is 27.1 Å². The summed E-state index contributed by atoms with van der Waals surface area (Å²) in [4.78, 5) is 42.4. The Bertz CT molecular complexity index is 1430. The van der Waals surface area contributed by atoms with E-state index in [1.54, 1.807) is 13.8 Å². The zero-order valence-electron chi connectivity index (χ0n) is 22.5. The van der Waals surface area contributed by atoms with E-state index in [1.165, 1.54) is 30.3 Å². The lowest BCUT2D eigenvalue weighted by Gasteiger charge is -2.38. The maximum Gasteiger partial charge on any atom is 0.416 e. The number of nitro benzene ring substituents is 1. The van der Waals surface area contributed by atoms with Crippen molar-refractivity contribution in [2.24, 2.45) is 16.3 Å². The number of hydrogen-bond acceptors (Lipinski definition) is 7. The van der Waals surface area contributed by atoms with E-state index >= 15 is 0 Å². The van der Waals surface area contributed by atoms with Gasteiger partial charge in [0.05, 0.1) is 17.1 Å². The molecule has 1 aliphatic heterocycles. The molecule has 0 spiro atoms. The van der Waals surface area contributed by atoms with Gasteiger partial charge in [-0.25, -0.2) is 0 Å². The first-order valence-corrected chi connectivity index (χ1v) is 12.8. The van der Waals surface area contributed by atoms with Crippen LogP contribution in [0.15, 0.2) is 58.7 Å². The lowest BCUT2D eigenvalue weighted by atomic mass is 9.67. The number of nitrogens with zero attached hydrogens (tertiary/aromatic N) is 2. The standard InChI is InChI=1S/C29H29F3N2O6/c1-5-39-27(36)24-16(2)33-20-13-28(3,4)14-22(35)26(20)25(24)18-9-10-23(21(12-18)34(37)38)40-15-17-7-6-8-19(11-17)29(30,31)32/h6-12,24-25H,5,13-15H2,1-4H3/t24?,25-/m0/s1. The first kappa shape index (κ1) is 29.0. The van der Waals surface area contributed by atoms with E-state index in [0.717, 1.165) is 12.1 Å². The molecule has 1 heterocycles. The monoisotopic (exact) mass is 558 g/mol. The highest BCUT2D eigenvalue weighted by molar-refractivity contribution is 6.09. The van der Waals surface area contributed by atoms with E-state index < -0.39 is 40.2 Å². The van der Waals surface area contributed by atoms with Crippen LogP contribution in [0.2, 0.25) is 0 Å². The maximum absolute atomic E-state index is 13.4. The number of rotatable bonds is 7. The Morgan fingerprint density at radius 3 is 2.55 bits per heavy atom. The molecule has 11 heteroatoms. The molecule has 0 saturated heterocycles. The molecular formula is C29H29F3N2O6. The number of ketones is 1. The van der Waals surface area contributed by atoms with Crippen molar-refractivity contribution >= 4 is 23.2 Å². The lowest BCUT2D eigenvalue weighted by Crippen LogP contribution is -2.39. The topological polar surface area (TPSA) is 108 Å². The number of carbonyl (C=O) groups is 2. The van der Waals surface area contributed by atoms with E-state index in [9.17, 15) is 32.9 Å². The highest BCUT2D eigenvalue weighted by Gasteiger charge is 2.46. The fourth-order valence-electron chi connectivity index (χ4n) is 5.33. The number of hydrogen-bond donors (Lipinski definition) is 0. The average molecular weight is 559 g/mol. The molecule has 2 aromatic rings. The highest BCUT2D eigenvalue weighted by atomic mass is 19.4. The zero-order valence-corrected chi connectivity index (χ0v) is 22.5. The summed E-state index contributed by atoms with van der Waals surface area (Å²) in [6.07, 6.45) is -3.82. The molecule has 0 saturated carbocycles. The minimum absolute atomic E-state index is 0.102. The quantitative estimate of drug-likeness (QED) is 0.216. The number of Topliss-reactive ketones (excluding diaryl/α,β-unsaturated/α-hetero) is 1. The Morgan fingerprint density at radius 2 is 1.90 bits per heavy atom. The third-order valence-corrected chi connectivity index (χ3v) is 7.03. The van der Waals surface area contributed by atoms with Gasteiger partial charge in [-0.15, -0.1) is 0 Å². The average Bonchev–Trinajstić information content (AvgIpc) is 2.85. The molecule has 1 unspecified atom stereocenters.